The molecule has 0 fully saturated rings. The molecule has 1 amide bonds. The van der Waals surface area contributed by atoms with Gasteiger partial charge in [-0.1, -0.05) is 0 Å². The Morgan fingerprint density at radius 1 is 1.47 bits per heavy atom. The van der Waals surface area contributed by atoms with E-state index in [-0.39, 0.29) is 5.78 Å². The second-order valence-corrected chi connectivity index (χ2v) is 5.00. The van der Waals surface area contributed by atoms with Gasteiger partial charge in [0.05, 0.1) is 18.9 Å². The van der Waals surface area contributed by atoms with Gasteiger partial charge in [0.25, 0.3) is 0 Å². The molecule has 0 aliphatic carbocycles. The first-order chi connectivity index (χ1) is 7.79. The predicted molar refractivity (Wildman–Crippen MR) is 62.5 cm³/mol. The molecule has 0 saturated heterocycles. The second kappa shape index (κ2) is 5.21. The summed E-state index contributed by atoms with van der Waals surface area (Å²) in [4.78, 5) is 23.3. The molecular weight excluding hydrogens is 222 g/mol. The van der Waals surface area contributed by atoms with Gasteiger partial charge in [-0.15, -0.1) is 0 Å². The molecule has 1 heterocycles. The molecule has 0 saturated carbocycles. The third-order valence-electron chi connectivity index (χ3n) is 2.16. The lowest BCUT2D eigenvalue weighted by molar-refractivity contribution is -0.117. The molecule has 1 aliphatic heterocycles. The van der Waals surface area contributed by atoms with Crippen molar-refractivity contribution in [1.29, 1.82) is 0 Å². The normalized spacial score (nSPS) is 16.8. The van der Waals surface area contributed by atoms with Crippen molar-refractivity contribution in [2.75, 3.05) is 6.61 Å². The number of rotatable bonds is 3. The molecule has 0 unspecified atom stereocenters. The van der Waals surface area contributed by atoms with Crippen LogP contribution in [0.5, 0.6) is 0 Å². The largest absolute Gasteiger partial charge is 0.500 e. The maximum Gasteiger partial charge on any atom is 0.408 e. The van der Waals surface area contributed by atoms with Crippen LogP contribution in [-0.4, -0.2) is 30.1 Å². The van der Waals surface area contributed by atoms with Crippen molar-refractivity contribution in [3.8, 4) is 0 Å². The van der Waals surface area contributed by atoms with E-state index in [0.717, 1.165) is 0 Å². The average Bonchev–Trinajstić information content (AvgIpc) is 2.65. The van der Waals surface area contributed by atoms with Crippen LogP contribution in [0.25, 0.3) is 0 Å². The summed E-state index contributed by atoms with van der Waals surface area (Å²) < 4.78 is 10.1. The molecule has 1 atom stereocenters. The van der Waals surface area contributed by atoms with Gasteiger partial charge in [0.2, 0.25) is 0 Å². The topological polar surface area (TPSA) is 64.6 Å². The van der Waals surface area contributed by atoms with Gasteiger partial charge in [0.15, 0.2) is 5.78 Å². The number of ketones is 1. The Kier molecular flexibility index (Phi) is 4.15. The van der Waals surface area contributed by atoms with E-state index in [4.69, 9.17) is 9.47 Å². The van der Waals surface area contributed by atoms with E-state index in [1.165, 1.54) is 6.26 Å². The summed E-state index contributed by atoms with van der Waals surface area (Å²) in [7, 11) is 0. The van der Waals surface area contributed by atoms with Crippen molar-refractivity contribution >= 4 is 11.9 Å². The van der Waals surface area contributed by atoms with Crippen LogP contribution >= 0.6 is 0 Å². The van der Waals surface area contributed by atoms with Crippen molar-refractivity contribution in [3.05, 3.63) is 11.8 Å². The molecule has 1 N–H and O–H groups in total. The minimum Gasteiger partial charge on any atom is -0.500 e. The molecule has 0 aromatic heterocycles. The van der Waals surface area contributed by atoms with E-state index >= 15 is 0 Å². The molecule has 17 heavy (non-hydrogen) atoms. The Labute approximate surface area is 101 Å². The highest BCUT2D eigenvalue weighted by Gasteiger charge is 2.24. The molecule has 96 valence electrons. The third-order valence-corrected chi connectivity index (χ3v) is 2.16. The highest BCUT2D eigenvalue weighted by Crippen LogP contribution is 2.13. The van der Waals surface area contributed by atoms with Gasteiger partial charge < -0.3 is 14.8 Å². The van der Waals surface area contributed by atoms with Crippen LogP contribution in [0.3, 0.4) is 0 Å². The number of nitrogens with one attached hydrogen (secondary N) is 1. The van der Waals surface area contributed by atoms with E-state index in [2.05, 4.69) is 5.32 Å². The van der Waals surface area contributed by atoms with Crippen molar-refractivity contribution < 1.29 is 19.1 Å². The lowest BCUT2D eigenvalue weighted by Gasteiger charge is -2.21. The molecule has 0 radical (unpaired) electrons. The minimum absolute atomic E-state index is 0.131. The van der Waals surface area contributed by atoms with Crippen molar-refractivity contribution in [2.24, 2.45) is 0 Å². The van der Waals surface area contributed by atoms with Gasteiger partial charge >= 0.3 is 6.09 Å². The Balaban J connectivity index is 2.46. The fraction of sp³-hybridized carbons (Fsp3) is 0.667. The number of hydrogen-bond donors (Lipinski definition) is 1. The lowest BCUT2D eigenvalue weighted by Crippen LogP contribution is -2.42. The van der Waals surface area contributed by atoms with Crippen LogP contribution in [0.1, 0.15) is 34.1 Å². The number of ether oxygens (including phenoxy) is 2. The van der Waals surface area contributed by atoms with Gasteiger partial charge in [-0.3, -0.25) is 4.79 Å². The van der Waals surface area contributed by atoms with Gasteiger partial charge in [-0.25, -0.2) is 4.79 Å². The molecule has 5 heteroatoms. The Morgan fingerprint density at radius 2 is 2.12 bits per heavy atom. The van der Waals surface area contributed by atoms with Gasteiger partial charge in [0, 0.05) is 12.0 Å². The van der Waals surface area contributed by atoms with Gasteiger partial charge in [-0.2, -0.15) is 0 Å². The summed E-state index contributed by atoms with van der Waals surface area (Å²) in [6.07, 6.45) is 1.47. The van der Waals surface area contributed by atoms with Crippen LogP contribution in [-0.2, 0) is 14.3 Å². The van der Waals surface area contributed by atoms with Gasteiger partial charge in [0.1, 0.15) is 5.60 Å². The van der Waals surface area contributed by atoms with E-state index < -0.39 is 17.7 Å². The zero-order valence-corrected chi connectivity index (χ0v) is 10.7. The van der Waals surface area contributed by atoms with Crippen LogP contribution in [0, 0.1) is 0 Å². The first-order valence-corrected chi connectivity index (χ1v) is 5.64. The monoisotopic (exact) mass is 241 g/mol. The molecule has 1 aliphatic rings. The summed E-state index contributed by atoms with van der Waals surface area (Å²) in [5.74, 6) is -0.131. The van der Waals surface area contributed by atoms with Gasteiger partial charge in [-0.05, 0) is 27.7 Å². The Morgan fingerprint density at radius 3 is 2.59 bits per heavy atom. The average molecular weight is 241 g/mol. The summed E-state index contributed by atoms with van der Waals surface area (Å²) in [6.45, 7) is 7.47. The van der Waals surface area contributed by atoms with Crippen LogP contribution < -0.4 is 5.32 Å². The predicted octanol–water partition coefficient (Wildman–Crippen LogP) is 1.77. The first kappa shape index (κ1) is 13.5. The van der Waals surface area contributed by atoms with E-state index in [9.17, 15) is 9.59 Å². The summed E-state index contributed by atoms with van der Waals surface area (Å²) in [5, 5.41) is 2.51. The van der Waals surface area contributed by atoms with Crippen LogP contribution in [0.4, 0.5) is 4.79 Å². The fourth-order valence-electron chi connectivity index (χ4n) is 1.40. The summed E-state index contributed by atoms with van der Waals surface area (Å²) in [6, 6.07) is -0.599. The molecule has 1 rings (SSSR count). The summed E-state index contributed by atoms with van der Waals surface area (Å²) in [5.41, 5.74) is 0.0383. The van der Waals surface area contributed by atoms with E-state index in [0.29, 0.717) is 18.6 Å². The van der Waals surface area contributed by atoms with Crippen LogP contribution in [0.15, 0.2) is 11.8 Å². The minimum atomic E-state index is -0.599. The smallest absolute Gasteiger partial charge is 0.408 e. The maximum absolute atomic E-state index is 11.8. The number of Topliss-reactive ketones (excluding diaryl/α,β-unsaturated/α-hetero) is 1. The van der Waals surface area contributed by atoms with Crippen LogP contribution in [0.2, 0.25) is 0 Å². The number of carbonyl (C=O) groups is 2. The Hall–Kier alpha value is -1.52. The third kappa shape index (κ3) is 4.46. The van der Waals surface area contributed by atoms with E-state index in [1.54, 1.807) is 27.7 Å². The molecule has 0 aromatic rings. The SMILES string of the molecule is C[C@@H](NC(=O)OC(C)(C)C)C(=O)C1=COCC1. The quantitative estimate of drug-likeness (QED) is 0.818. The lowest BCUT2D eigenvalue weighted by atomic mass is 10.1. The second-order valence-electron chi connectivity index (χ2n) is 5.00. The van der Waals surface area contributed by atoms with Crippen molar-refractivity contribution in [2.45, 2.75) is 45.8 Å². The van der Waals surface area contributed by atoms with E-state index in [1.807, 2.05) is 0 Å². The number of hydrogen-bond acceptors (Lipinski definition) is 4. The van der Waals surface area contributed by atoms with Crippen molar-refractivity contribution in [1.82, 2.24) is 5.32 Å². The number of carbonyl (C=O) groups excluding carboxylic acids is 2. The number of alkyl carbamates (subject to hydrolysis) is 1. The standard InChI is InChI=1S/C12H19NO4/c1-8(10(14)9-5-6-16-7-9)13-11(15)17-12(2,3)4/h7-8H,5-6H2,1-4H3,(H,13,15)/t8-/m1/s1. The summed E-state index contributed by atoms with van der Waals surface area (Å²) >= 11 is 0. The molecule has 0 bridgehead atoms. The zero-order chi connectivity index (χ0) is 13.1. The zero-order valence-electron chi connectivity index (χ0n) is 10.7. The highest BCUT2D eigenvalue weighted by atomic mass is 16.6. The fourth-order valence-corrected chi connectivity index (χ4v) is 1.40. The molecule has 0 aromatic carbocycles. The van der Waals surface area contributed by atoms with Crippen molar-refractivity contribution in [3.63, 3.8) is 0 Å². The first-order valence-electron chi connectivity index (χ1n) is 5.64. The Bertz CT molecular complexity index is 341. The molecule has 0 spiro atoms. The maximum atomic E-state index is 11.8. The highest BCUT2D eigenvalue weighted by molar-refractivity contribution is 6.00. The molecular formula is C12H19NO4. The number of amides is 1. The molecule has 5 nitrogen and oxygen atoms in total.